The molecule has 0 fully saturated rings. The van der Waals surface area contributed by atoms with Gasteiger partial charge in [0.2, 0.25) is 0 Å². The molecule has 1 atom stereocenters. The van der Waals surface area contributed by atoms with Crippen molar-refractivity contribution < 1.29 is 19.8 Å². The molecule has 5 nitrogen and oxygen atoms in total. The lowest BCUT2D eigenvalue weighted by molar-refractivity contribution is -0.150. The van der Waals surface area contributed by atoms with Gasteiger partial charge in [-0.05, 0) is 41.5 Å². The number of hydrogen-bond acceptors (Lipinski definition) is 3. The number of rotatable bonds is 5. The van der Waals surface area contributed by atoms with Crippen LogP contribution in [0.4, 0.5) is 0 Å². The van der Waals surface area contributed by atoms with E-state index in [9.17, 15) is 14.7 Å². The van der Waals surface area contributed by atoms with E-state index in [0.717, 1.165) is 0 Å². The van der Waals surface area contributed by atoms with Gasteiger partial charge in [-0.15, -0.1) is 0 Å². The van der Waals surface area contributed by atoms with E-state index in [1.807, 2.05) is 46.4 Å². The second-order valence-electron chi connectivity index (χ2n) is 6.68. The molecule has 0 aliphatic rings. The summed E-state index contributed by atoms with van der Waals surface area (Å²) >= 11 is 0. The maximum Gasteiger partial charge on any atom is 0.331 e. The Hall–Kier alpha value is -1.36. The number of nitrogens with zero attached hydrogens (tertiary/aromatic N) is 1. The lowest BCUT2D eigenvalue weighted by atomic mass is 9.90. The first-order valence-corrected chi connectivity index (χ1v) is 6.21. The van der Waals surface area contributed by atoms with Crippen molar-refractivity contribution in [3.8, 4) is 0 Å². The largest absolute Gasteiger partial charge is 0.480 e. The SMILES string of the molecule is C=C(C[C@@H](C(=O)O)N(C(C)(C)C)C(C)(C)C)C(=O)O. The fourth-order valence-electron chi connectivity index (χ4n) is 2.55. The van der Waals surface area contributed by atoms with Gasteiger partial charge in [0.05, 0.1) is 0 Å². The summed E-state index contributed by atoms with van der Waals surface area (Å²) < 4.78 is 0. The van der Waals surface area contributed by atoms with Crippen LogP contribution in [0.25, 0.3) is 0 Å². The molecule has 0 rings (SSSR count). The van der Waals surface area contributed by atoms with Gasteiger partial charge in [-0.2, -0.15) is 0 Å². The minimum absolute atomic E-state index is 0.0918. The van der Waals surface area contributed by atoms with Crippen molar-refractivity contribution in [2.45, 2.75) is 65.1 Å². The molecule has 0 radical (unpaired) electrons. The van der Waals surface area contributed by atoms with E-state index in [2.05, 4.69) is 6.58 Å². The number of carbonyl (C=O) groups is 2. The summed E-state index contributed by atoms with van der Waals surface area (Å²) in [5, 5.41) is 18.3. The first kappa shape index (κ1) is 17.6. The first-order chi connectivity index (χ1) is 8.28. The highest BCUT2D eigenvalue weighted by atomic mass is 16.4. The van der Waals surface area contributed by atoms with Gasteiger partial charge in [0, 0.05) is 23.1 Å². The summed E-state index contributed by atoms with van der Waals surface area (Å²) in [4.78, 5) is 24.2. The highest BCUT2D eigenvalue weighted by molar-refractivity contribution is 5.87. The van der Waals surface area contributed by atoms with Gasteiger partial charge in [-0.3, -0.25) is 9.69 Å². The third kappa shape index (κ3) is 5.03. The van der Waals surface area contributed by atoms with Crippen molar-refractivity contribution >= 4 is 11.9 Å². The van der Waals surface area contributed by atoms with Crippen molar-refractivity contribution in [1.29, 1.82) is 0 Å². The molecule has 19 heavy (non-hydrogen) atoms. The van der Waals surface area contributed by atoms with Crippen LogP contribution >= 0.6 is 0 Å². The van der Waals surface area contributed by atoms with Crippen molar-refractivity contribution in [3.05, 3.63) is 12.2 Å². The average Bonchev–Trinajstić information content (AvgIpc) is 2.11. The smallest absolute Gasteiger partial charge is 0.331 e. The fourth-order valence-corrected chi connectivity index (χ4v) is 2.55. The standard InChI is InChI=1S/C14H25NO4/c1-9(11(16)17)8-10(12(18)19)15(13(2,3)4)14(5,6)7/h10H,1,8H2,2-7H3,(H,16,17)(H,18,19)/t10-/m0/s1. The summed E-state index contributed by atoms with van der Waals surface area (Å²) in [5.41, 5.74) is -0.897. The molecule has 0 aromatic carbocycles. The Morgan fingerprint density at radius 1 is 1.05 bits per heavy atom. The molecule has 0 aromatic rings. The van der Waals surface area contributed by atoms with Crippen LogP contribution in [0.15, 0.2) is 12.2 Å². The molecule has 0 aromatic heterocycles. The molecule has 0 bridgehead atoms. The van der Waals surface area contributed by atoms with Crippen LogP contribution in [0, 0.1) is 0 Å². The summed E-state index contributed by atoms with van der Waals surface area (Å²) in [6.07, 6.45) is -0.0980. The fraction of sp³-hybridized carbons (Fsp3) is 0.714. The summed E-state index contributed by atoms with van der Waals surface area (Å²) in [6, 6.07) is -0.913. The van der Waals surface area contributed by atoms with Gasteiger partial charge in [0.1, 0.15) is 6.04 Å². The molecule has 2 N–H and O–H groups in total. The molecule has 110 valence electrons. The second kappa shape index (κ2) is 5.74. The van der Waals surface area contributed by atoms with Gasteiger partial charge in [0.15, 0.2) is 0 Å². The van der Waals surface area contributed by atoms with E-state index in [0.29, 0.717) is 0 Å². The normalized spacial score (nSPS) is 14.3. The van der Waals surface area contributed by atoms with Gasteiger partial charge in [-0.1, -0.05) is 6.58 Å². The Morgan fingerprint density at radius 3 is 1.63 bits per heavy atom. The summed E-state index contributed by atoms with van der Waals surface area (Å²) in [5.74, 6) is -2.19. The Labute approximate surface area is 114 Å². The van der Waals surface area contributed by atoms with Gasteiger partial charge in [-0.25, -0.2) is 4.79 Å². The van der Waals surface area contributed by atoms with E-state index in [1.165, 1.54) is 0 Å². The van der Waals surface area contributed by atoms with Crippen molar-refractivity contribution in [2.75, 3.05) is 0 Å². The zero-order valence-corrected chi connectivity index (χ0v) is 12.6. The Morgan fingerprint density at radius 2 is 1.42 bits per heavy atom. The van der Waals surface area contributed by atoms with Crippen LogP contribution in [0.1, 0.15) is 48.0 Å². The highest BCUT2D eigenvalue weighted by Gasteiger charge is 2.41. The van der Waals surface area contributed by atoms with Crippen molar-refractivity contribution in [3.63, 3.8) is 0 Å². The lowest BCUT2D eigenvalue weighted by Crippen LogP contribution is -2.60. The van der Waals surface area contributed by atoms with Crippen LogP contribution in [0.3, 0.4) is 0 Å². The number of carboxylic acids is 2. The molecule has 0 amide bonds. The van der Waals surface area contributed by atoms with Crippen LogP contribution in [0.5, 0.6) is 0 Å². The van der Waals surface area contributed by atoms with Gasteiger partial charge < -0.3 is 10.2 Å². The highest BCUT2D eigenvalue weighted by Crippen LogP contribution is 2.30. The van der Waals surface area contributed by atoms with Crippen molar-refractivity contribution in [1.82, 2.24) is 4.90 Å². The molecule has 0 saturated carbocycles. The lowest BCUT2D eigenvalue weighted by Gasteiger charge is -2.48. The number of aliphatic carboxylic acids is 2. The molecule has 0 aliphatic carbocycles. The summed E-state index contributed by atoms with van der Waals surface area (Å²) in [7, 11) is 0. The van der Waals surface area contributed by atoms with Gasteiger partial charge >= 0.3 is 11.9 Å². The Balaban J connectivity index is 5.50. The number of hydrogen-bond donors (Lipinski definition) is 2. The maximum atomic E-state index is 11.5. The quantitative estimate of drug-likeness (QED) is 0.751. The Kier molecular flexibility index (Phi) is 5.32. The zero-order chi connectivity index (χ0) is 15.6. The first-order valence-electron chi connectivity index (χ1n) is 6.21. The second-order valence-corrected chi connectivity index (χ2v) is 6.68. The minimum atomic E-state index is -1.16. The van der Waals surface area contributed by atoms with E-state index < -0.39 is 29.1 Å². The van der Waals surface area contributed by atoms with Crippen LogP contribution in [-0.4, -0.2) is 44.2 Å². The van der Waals surface area contributed by atoms with E-state index in [-0.39, 0.29) is 12.0 Å². The topological polar surface area (TPSA) is 77.8 Å². The predicted octanol–water partition coefficient (Wildman–Crippen LogP) is 2.37. The third-order valence-electron chi connectivity index (χ3n) is 2.78. The molecular formula is C14H25NO4. The van der Waals surface area contributed by atoms with Crippen LogP contribution in [0.2, 0.25) is 0 Å². The molecule has 0 spiro atoms. The minimum Gasteiger partial charge on any atom is -0.480 e. The molecule has 5 heteroatoms. The van der Waals surface area contributed by atoms with E-state index in [1.54, 1.807) is 0 Å². The maximum absolute atomic E-state index is 11.5. The Bertz CT molecular complexity index is 360. The third-order valence-corrected chi connectivity index (χ3v) is 2.78. The predicted molar refractivity (Wildman–Crippen MR) is 74.2 cm³/mol. The molecule has 0 saturated heterocycles. The van der Waals surface area contributed by atoms with E-state index in [4.69, 9.17) is 5.11 Å². The number of carboxylic acid groups (broad SMARTS) is 2. The van der Waals surface area contributed by atoms with Crippen molar-refractivity contribution in [2.24, 2.45) is 0 Å². The average molecular weight is 271 g/mol. The van der Waals surface area contributed by atoms with E-state index >= 15 is 0 Å². The molecule has 0 heterocycles. The molecule has 0 unspecified atom stereocenters. The molecular weight excluding hydrogens is 246 g/mol. The monoisotopic (exact) mass is 271 g/mol. The van der Waals surface area contributed by atoms with Gasteiger partial charge in [0.25, 0.3) is 0 Å². The summed E-state index contributed by atoms with van der Waals surface area (Å²) in [6.45, 7) is 14.9. The zero-order valence-electron chi connectivity index (χ0n) is 12.6. The van der Waals surface area contributed by atoms with Crippen LogP contribution < -0.4 is 0 Å². The van der Waals surface area contributed by atoms with Crippen LogP contribution in [-0.2, 0) is 9.59 Å². The molecule has 0 aliphatic heterocycles.